The van der Waals surface area contributed by atoms with E-state index in [0.29, 0.717) is 19.5 Å². The summed E-state index contributed by atoms with van der Waals surface area (Å²) in [6.07, 6.45) is 7.94. The summed E-state index contributed by atoms with van der Waals surface area (Å²) in [5, 5.41) is 11.9. The highest BCUT2D eigenvalue weighted by Gasteiger charge is 2.37. The highest BCUT2D eigenvalue weighted by Crippen LogP contribution is 2.30. The number of rotatable bonds is 5. The fourth-order valence-corrected chi connectivity index (χ4v) is 4.52. The molecule has 6 nitrogen and oxygen atoms in total. The third-order valence-electron chi connectivity index (χ3n) is 5.28. The minimum absolute atomic E-state index is 0.0582. The van der Waals surface area contributed by atoms with Gasteiger partial charge in [0.05, 0.1) is 12.0 Å². The predicted octanol–water partition coefficient (Wildman–Crippen LogP) is 2.60. The fraction of sp³-hybridized carbons (Fsp3) is 0.706. The van der Waals surface area contributed by atoms with Crippen molar-refractivity contribution >= 4 is 28.3 Å². The smallest absolute Gasteiger partial charge is 0.307 e. The number of hydrogen-bond acceptors (Lipinski definition) is 5. The highest BCUT2D eigenvalue weighted by atomic mass is 32.1. The predicted molar refractivity (Wildman–Crippen MR) is 93.3 cm³/mol. The monoisotopic (exact) mass is 351 g/mol. The Hall–Kier alpha value is -1.47. The number of carboxylic acid groups (broad SMARTS) is 1. The molecule has 1 saturated carbocycles. The first-order valence-electron chi connectivity index (χ1n) is 8.77. The van der Waals surface area contributed by atoms with Gasteiger partial charge in [0.15, 0.2) is 5.13 Å². The zero-order valence-electron chi connectivity index (χ0n) is 14.1. The van der Waals surface area contributed by atoms with E-state index in [2.05, 4.69) is 4.98 Å². The van der Waals surface area contributed by atoms with Crippen molar-refractivity contribution in [2.45, 2.75) is 57.5 Å². The number of aromatic nitrogens is 1. The number of carbonyl (C=O) groups is 2. The number of anilines is 1. The van der Waals surface area contributed by atoms with Crippen LogP contribution in [0.15, 0.2) is 11.6 Å². The maximum Gasteiger partial charge on any atom is 0.307 e. The fourth-order valence-electron chi connectivity index (χ4n) is 3.80. The van der Waals surface area contributed by atoms with Crippen LogP contribution in [0.25, 0.3) is 0 Å². The van der Waals surface area contributed by atoms with Gasteiger partial charge in [-0.1, -0.05) is 19.3 Å². The molecular formula is C17H25N3O3S. The first-order chi connectivity index (χ1) is 11.6. The van der Waals surface area contributed by atoms with E-state index in [1.54, 1.807) is 6.20 Å². The Kier molecular flexibility index (Phi) is 5.50. The summed E-state index contributed by atoms with van der Waals surface area (Å²) in [7, 11) is 0. The molecule has 0 radical (unpaired) electrons. The lowest BCUT2D eigenvalue weighted by Gasteiger charge is -2.36. The Bertz CT molecular complexity index is 572. The number of amides is 1. The summed E-state index contributed by atoms with van der Waals surface area (Å²) >= 11 is 1.50. The molecule has 2 unspecified atom stereocenters. The van der Waals surface area contributed by atoms with Crippen LogP contribution < -0.4 is 4.90 Å². The number of carbonyl (C=O) groups excluding carboxylic acids is 1. The van der Waals surface area contributed by atoms with Crippen LogP contribution in [-0.2, 0) is 9.59 Å². The molecule has 132 valence electrons. The summed E-state index contributed by atoms with van der Waals surface area (Å²) in [6, 6.07) is -0.0853. The van der Waals surface area contributed by atoms with E-state index in [1.165, 1.54) is 17.8 Å². The number of carboxylic acids is 1. The van der Waals surface area contributed by atoms with Gasteiger partial charge < -0.3 is 5.11 Å². The second-order valence-corrected chi connectivity index (χ2v) is 7.68. The van der Waals surface area contributed by atoms with Gasteiger partial charge in [-0.25, -0.2) is 4.98 Å². The van der Waals surface area contributed by atoms with Crippen LogP contribution in [0.5, 0.6) is 0 Å². The summed E-state index contributed by atoms with van der Waals surface area (Å²) < 4.78 is 0. The Labute approximate surface area is 146 Å². The summed E-state index contributed by atoms with van der Waals surface area (Å²) in [5.41, 5.74) is 0. The highest BCUT2D eigenvalue weighted by molar-refractivity contribution is 7.13. The molecule has 2 fully saturated rings. The molecule has 2 atom stereocenters. The molecule has 0 spiro atoms. The van der Waals surface area contributed by atoms with Gasteiger partial charge >= 0.3 is 5.97 Å². The van der Waals surface area contributed by atoms with E-state index in [0.717, 1.165) is 30.8 Å². The molecule has 1 aromatic rings. The van der Waals surface area contributed by atoms with E-state index in [1.807, 2.05) is 22.1 Å². The molecule has 1 aromatic heterocycles. The topological polar surface area (TPSA) is 73.7 Å². The van der Waals surface area contributed by atoms with Crippen molar-refractivity contribution in [2.75, 3.05) is 18.0 Å². The molecule has 7 heteroatoms. The zero-order valence-corrected chi connectivity index (χ0v) is 14.9. The number of nitrogens with zero attached hydrogens (tertiary/aromatic N) is 3. The Morgan fingerprint density at radius 3 is 2.67 bits per heavy atom. The number of thiazole rings is 1. The van der Waals surface area contributed by atoms with Gasteiger partial charge in [0.2, 0.25) is 5.91 Å². The number of likely N-dealkylation sites (tertiary alicyclic amines) is 1. The third kappa shape index (κ3) is 3.62. The molecule has 1 saturated heterocycles. The van der Waals surface area contributed by atoms with Crippen molar-refractivity contribution in [3.8, 4) is 0 Å². The van der Waals surface area contributed by atoms with Crippen molar-refractivity contribution in [3.63, 3.8) is 0 Å². The summed E-state index contributed by atoms with van der Waals surface area (Å²) in [5.74, 6) is -1.06. The van der Waals surface area contributed by atoms with E-state index in [4.69, 9.17) is 0 Å². The second-order valence-electron chi connectivity index (χ2n) is 6.81. The molecular weight excluding hydrogens is 326 g/mol. The van der Waals surface area contributed by atoms with Crippen LogP contribution in [0.4, 0.5) is 5.13 Å². The molecule has 1 amide bonds. The summed E-state index contributed by atoms with van der Waals surface area (Å²) in [6.45, 7) is 3.02. The lowest BCUT2D eigenvalue weighted by molar-refractivity contribution is -0.141. The maximum atomic E-state index is 13.2. The van der Waals surface area contributed by atoms with Crippen LogP contribution in [-0.4, -0.2) is 52.0 Å². The van der Waals surface area contributed by atoms with Crippen LogP contribution in [0, 0.1) is 5.92 Å². The van der Waals surface area contributed by atoms with Crippen LogP contribution in [0.1, 0.15) is 45.4 Å². The normalized spacial score (nSPS) is 24.0. The zero-order chi connectivity index (χ0) is 17.1. The standard InChI is InChI=1S/C17H25N3O3S/c1-12(19-9-7-13(11-19)16(22)23)15(21)20(17-18-8-10-24-17)14-5-3-2-4-6-14/h8,10,12-14H,2-7,9,11H2,1H3,(H,22,23). The van der Waals surface area contributed by atoms with Gasteiger partial charge in [-0.3, -0.25) is 19.4 Å². The SMILES string of the molecule is CC(C(=O)N(c1nccs1)C1CCCCC1)N1CCC(C(=O)O)C1. The van der Waals surface area contributed by atoms with Crippen molar-refractivity contribution in [1.29, 1.82) is 0 Å². The van der Waals surface area contributed by atoms with Gasteiger partial charge in [-0.05, 0) is 32.7 Å². The minimum atomic E-state index is -0.763. The van der Waals surface area contributed by atoms with E-state index < -0.39 is 5.97 Å². The molecule has 0 bridgehead atoms. The van der Waals surface area contributed by atoms with Gasteiger partial charge in [0, 0.05) is 24.2 Å². The lowest BCUT2D eigenvalue weighted by Crippen LogP contribution is -2.51. The quantitative estimate of drug-likeness (QED) is 0.883. The molecule has 1 N–H and O–H groups in total. The van der Waals surface area contributed by atoms with E-state index in [9.17, 15) is 14.7 Å². The Morgan fingerprint density at radius 2 is 2.08 bits per heavy atom. The first-order valence-corrected chi connectivity index (χ1v) is 9.65. The van der Waals surface area contributed by atoms with Crippen LogP contribution >= 0.6 is 11.3 Å². The largest absolute Gasteiger partial charge is 0.481 e. The first kappa shape index (κ1) is 17.4. The number of hydrogen-bond donors (Lipinski definition) is 1. The van der Waals surface area contributed by atoms with Crippen molar-refractivity contribution in [1.82, 2.24) is 9.88 Å². The Morgan fingerprint density at radius 1 is 1.33 bits per heavy atom. The van der Waals surface area contributed by atoms with Gasteiger partial charge in [-0.15, -0.1) is 11.3 Å². The van der Waals surface area contributed by atoms with Crippen molar-refractivity contribution < 1.29 is 14.7 Å². The second kappa shape index (κ2) is 7.61. The number of aliphatic carboxylic acids is 1. The van der Waals surface area contributed by atoms with Gasteiger partial charge in [0.1, 0.15) is 0 Å². The van der Waals surface area contributed by atoms with Gasteiger partial charge in [0.25, 0.3) is 0 Å². The molecule has 2 aliphatic rings. The van der Waals surface area contributed by atoms with Crippen LogP contribution in [0.2, 0.25) is 0 Å². The molecule has 2 heterocycles. The van der Waals surface area contributed by atoms with Crippen LogP contribution in [0.3, 0.4) is 0 Å². The van der Waals surface area contributed by atoms with Gasteiger partial charge in [-0.2, -0.15) is 0 Å². The van der Waals surface area contributed by atoms with E-state index >= 15 is 0 Å². The summed E-state index contributed by atoms with van der Waals surface area (Å²) in [4.78, 5) is 32.7. The maximum absolute atomic E-state index is 13.2. The Balaban J connectivity index is 1.74. The molecule has 1 aliphatic heterocycles. The molecule has 3 rings (SSSR count). The molecule has 1 aliphatic carbocycles. The average molecular weight is 351 g/mol. The minimum Gasteiger partial charge on any atom is -0.481 e. The third-order valence-corrected chi connectivity index (χ3v) is 6.05. The van der Waals surface area contributed by atoms with Crippen molar-refractivity contribution in [2.24, 2.45) is 5.92 Å². The average Bonchev–Trinajstić information content (AvgIpc) is 3.27. The lowest BCUT2D eigenvalue weighted by atomic mass is 9.94. The van der Waals surface area contributed by atoms with E-state index in [-0.39, 0.29) is 23.9 Å². The molecule has 0 aromatic carbocycles. The van der Waals surface area contributed by atoms with Crippen molar-refractivity contribution in [3.05, 3.63) is 11.6 Å². The molecule has 24 heavy (non-hydrogen) atoms.